The summed E-state index contributed by atoms with van der Waals surface area (Å²) in [4.78, 5) is 7.09. The fraction of sp³-hybridized carbons (Fsp3) is 0.789. The first-order valence-corrected chi connectivity index (χ1v) is 9.78. The van der Waals surface area contributed by atoms with Gasteiger partial charge in [-0.1, -0.05) is 12.8 Å². The standard InChI is InChI=1S/C19H34N6/c1-14-18(15(2)24(4)23-14)9-11-21-19(20-3)22-16-10-12-25(13-16)17-7-5-6-8-17/h16-17H,5-13H2,1-4H3,(H2,20,21,22). The summed E-state index contributed by atoms with van der Waals surface area (Å²) >= 11 is 0. The van der Waals surface area contributed by atoms with Crippen molar-refractivity contribution in [3.05, 3.63) is 17.0 Å². The number of likely N-dealkylation sites (tertiary alicyclic amines) is 1. The van der Waals surface area contributed by atoms with Crippen LogP contribution in [0.1, 0.15) is 49.1 Å². The average Bonchev–Trinajstić information content (AvgIpc) is 3.31. The third-order valence-corrected chi connectivity index (χ3v) is 5.95. The van der Waals surface area contributed by atoms with Crippen LogP contribution in [-0.4, -0.2) is 59.4 Å². The van der Waals surface area contributed by atoms with Crippen LogP contribution in [0.15, 0.2) is 4.99 Å². The molecule has 6 heteroatoms. The zero-order valence-electron chi connectivity index (χ0n) is 16.3. The third-order valence-electron chi connectivity index (χ3n) is 5.95. The molecule has 1 aliphatic carbocycles. The number of aliphatic imine (C=N–C) groups is 1. The lowest BCUT2D eigenvalue weighted by Crippen LogP contribution is -2.45. The lowest BCUT2D eigenvalue weighted by Gasteiger charge is -2.24. The van der Waals surface area contributed by atoms with Gasteiger partial charge < -0.3 is 10.6 Å². The molecule has 6 nitrogen and oxygen atoms in total. The van der Waals surface area contributed by atoms with Gasteiger partial charge >= 0.3 is 0 Å². The zero-order valence-corrected chi connectivity index (χ0v) is 16.3. The SMILES string of the molecule is CN=C(NCCc1c(C)nn(C)c1C)NC1CCN(C2CCCC2)C1. The van der Waals surface area contributed by atoms with Crippen LogP contribution in [0.5, 0.6) is 0 Å². The normalized spacial score (nSPS) is 22.7. The Kier molecular flexibility index (Phi) is 5.99. The van der Waals surface area contributed by atoms with Gasteiger partial charge in [0, 0.05) is 51.5 Å². The molecular weight excluding hydrogens is 312 g/mol. The minimum atomic E-state index is 0.522. The van der Waals surface area contributed by atoms with Gasteiger partial charge in [-0.3, -0.25) is 14.6 Å². The summed E-state index contributed by atoms with van der Waals surface area (Å²) in [5.41, 5.74) is 3.73. The van der Waals surface area contributed by atoms with E-state index in [1.54, 1.807) is 0 Å². The first-order chi connectivity index (χ1) is 12.1. The molecule has 1 aliphatic heterocycles. The van der Waals surface area contributed by atoms with Crippen LogP contribution in [-0.2, 0) is 13.5 Å². The van der Waals surface area contributed by atoms with Crippen molar-refractivity contribution in [1.29, 1.82) is 0 Å². The van der Waals surface area contributed by atoms with E-state index in [0.29, 0.717) is 6.04 Å². The Labute approximate surface area is 152 Å². The zero-order chi connectivity index (χ0) is 17.8. The minimum Gasteiger partial charge on any atom is -0.356 e. The number of hydrogen-bond acceptors (Lipinski definition) is 3. The fourth-order valence-electron chi connectivity index (χ4n) is 4.38. The summed E-state index contributed by atoms with van der Waals surface area (Å²) in [5.74, 6) is 0.928. The molecule has 1 aromatic rings. The van der Waals surface area contributed by atoms with Gasteiger partial charge in [0.2, 0.25) is 0 Å². The number of nitrogens with zero attached hydrogens (tertiary/aromatic N) is 4. The Hall–Kier alpha value is -1.56. The van der Waals surface area contributed by atoms with Gasteiger partial charge in [0.05, 0.1) is 5.69 Å². The van der Waals surface area contributed by atoms with Crippen molar-refractivity contribution < 1.29 is 0 Å². The molecule has 1 saturated carbocycles. The maximum Gasteiger partial charge on any atom is 0.191 e. The van der Waals surface area contributed by atoms with Crippen molar-refractivity contribution in [1.82, 2.24) is 25.3 Å². The Morgan fingerprint density at radius 1 is 1.24 bits per heavy atom. The molecule has 2 N–H and O–H groups in total. The third kappa shape index (κ3) is 4.35. The monoisotopic (exact) mass is 346 g/mol. The maximum atomic E-state index is 4.50. The van der Waals surface area contributed by atoms with E-state index in [2.05, 4.69) is 39.5 Å². The summed E-state index contributed by atoms with van der Waals surface area (Å²) < 4.78 is 1.97. The Balaban J connectivity index is 1.44. The van der Waals surface area contributed by atoms with Gasteiger partial charge in [-0.05, 0) is 45.1 Å². The van der Waals surface area contributed by atoms with Gasteiger partial charge in [0.1, 0.15) is 0 Å². The van der Waals surface area contributed by atoms with Gasteiger partial charge in [0.15, 0.2) is 5.96 Å². The van der Waals surface area contributed by atoms with Gasteiger partial charge in [-0.15, -0.1) is 0 Å². The van der Waals surface area contributed by atoms with Crippen molar-refractivity contribution in [3.8, 4) is 0 Å². The van der Waals surface area contributed by atoms with E-state index in [9.17, 15) is 0 Å². The Morgan fingerprint density at radius 2 is 2.00 bits per heavy atom. The number of guanidine groups is 1. The number of hydrogen-bond donors (Lipinski definition) is 2. The van der Waals surface area contributed by atoms with Gasteiger partial charge in [0.25, 0.3) is 0 Å². The Bertz CT molecular complexity index is 599. The van der Waals surface area contributed by atoms with Crippen molar-refractivity contribution in [2.75, 3.05) is 26.7 Å². The number of aryl methyl sites for hydroxylation is 2. The molecule has 2 fully saturated rings. The van der Waals surface area contributed by atoms with Crippen LogP contribution < -0.4 is 10.6 Å². The second kappa shape index (κ2) is 8.21. The summed E-state index contributed by atoms with van der Waals surface area (Å²) in [6, 6.07) is 1.35. The van der Waals surface area contributed by atoms with Crippen LogP contribution in [0.3, 0.4) is 0 Å². The number of aromatic nitrogens is 2. The molecular formula is C19H34N6. The molecule has 0 bridgehead atoms. The summed E-state index contributed by atoms with van der Waals surface area (Å²) in [7, 11) is 3.87. The van der Waals surface area contributed by atoms with E-state index < -0.39 is 0 Å². The molecule has 0 radical (unpaired) electrons. The van der Waals surface area contributed by atoms with E-state index in [1.165, 1.54) is 49.9 Å². The van der Waals surface area contributed by atoms with Crippen molar-refractivity contribution in [2.45, 2.75) is 64.5 Å². The molecule has 0 spiro atoms. The largest absolute Gasteiger partial charge is 0.356 e. The summed E-state index contributed by atoms with van der Waals surface area (Å²) in [5, 5.41) is 11.6. The summed E-state index contributed by atoms with van der Waals surface area (Å²) in [6.45, 7) is 7.50. The lowest BCUT2D eigenvalue weighted by molar-refractivity contribution is 0.242. The quantitative estimate of drug-likeness (QED) is 0.630. The smallest absolute Gasteiger partial charge is 0.191 e. The van der Waals surface area contributed by atoms with Crippen LogP contribution in [0.2, 0.25) is 0 Å². The fourth-order valence-corrected chi connectivity index (χ4v) is 4.38. The van der Waals surface area contributed by atoms with Gasteiger partial charge in [-0.2, -0.15) is 5.10 Å². The van der Waals surface area contributed by atoms with Crippen molar-refractivity contribution in [3.63, 3.8) is 0 Å². The van der Waals surface area contributed by atoms with E-state index in [1.807, 2.05) is 18.8 Å². The summed E-state index contributed by atoms with van der Waals surface area (Å²) in [6.07, 6.45) is 7.81. The van der Waals surface area contributed by atoms with E-state index >= 15 is 0 Å². The first-order valence-electron chi connectivity index (χ1n) is 9.78. The van der Waals surface area contributed by atoms with Crippen LogP contribution in [0.25, 0.3) is 0 Å². The molecule has 0 aromatic carbocycles. The molecule has 2 heterocycles. The molecule has 1 saturated heterocycles. The van der Waals surface area contributed by atoms with E-state index in [4.69, 9.17) is 0 Å². The highest BCUT2D eigenvalue weighted by molar-refractivity contribution is 5.80. The van der Waals surface area contributed by atoms with E-state index in [-0.39, 0.29) is 0 Å². The lowest BCUT2D eigenvalue weighted by atomic mass is 10.1. The average molecular weight is 347 g/mol. The molecule has 140 valence electrons. The van der Waals surface area contributed by atoms with Crippen LogP contribution in [0.4, 0.5) is 0 Å². The predicted octanol–water partition coefficient (Wildman–Crippen LogP) is 1.76. The molecule has 2 aliphatic rings. The highest BCUT2D eigenvalue weighted by atomic mass is 15.3. The highest BCUT2D eigenvalue weighted by Gasteiger charge is 2.30. The minimum absolute atomic E-state index is 0.522. The van der Waals surface area contributed by atoms with Crippen LogP contribution in [0, 0.1) is 13.8 Å². The van der Waals surface area contributed by atoms with E-state index in [0.717, 1.165) is 37.2 Å². The first kappa shape index (κ1) is 18.2. The van der Waals surface area contributed by atoms with Crippen molar-refractivity contribution >= 4 is 5.96 Å². The maximum absolute atomic E-state index is 4.50. The topological polar surface area (TPSA) is 57.5 Å². The second-order valence-corrected chi connectivity index (χ2v) is 7.59. The predicted molar refractivity (Wildman–Crippen MR) is 103 cm³/mol. The highest BCUT2D eigenvalue weighted by Crippen LogP contribution is 2.26. The molecule has 25 heavy (non-hydrogen) atoms. The molecule has 0 amide bonds. The van der Waals surface area contributed by atoms with Gasteiger partial charge in [-0.25, -0.2) is 0 Å². The molecule has 1 atom stereocenters. The van der Waals surface area contributed by atoms with Crippen LogP contribution >= 0.6 is 0 Å². The molecule has 1 unspecified atom stereocenters. The second-order valence-electron chi connectivity index (χ2n) is 7.59. The van der Waals surface area contributed by atoms with Crippen molar-refractivity contribution in [2.24, 2.45) is 12.0 Å². The number of nitrogens with one attached hydrogen (secondary N) is 2. The molecule has 3 rings (SSSR count). The Morgan fingerprint density at radius 3 is 2.64 bits per heavy atom. The molecule has 1 aromatic heterocycles. The number of rotatable bonds is 5.